The van der Waals surface area contributed by atoms with E-state index in [2.05, 4.69) is 21.1 Å². The number of carbonyl (C=O) groups is 1. The highest BCUT2D eigenvalue weighted by atomic mass is 32.1. The maximum absolute atomic E-state index is 11.2. The van der Waals surface area contributed by atoms with Crippen molar-refractivity contribution in [2.24, 2.45) is 0 Å². The van der Waals surface area contributed by atoms with Gasteiger partial charge >= 0.3 is 5.97 Å². The van der Waals surface area contributed by atoms with E-state index in [1.807, 2.05) is 29.8 Å². The van der Waals surface area contributed by atoms with Gasteiger partial charge in [0.25, 0.3) is 0 Å². The van der Waals surface area contributed by atoms with Gasteiger partial charge in [-0.15, -0.1) is 22.7 Å². The molecule has 0 saturated carbocycles. The van der Waals surface area contributed by atoms with E-state index >= 15 is 0 Å². The molecule has 1 N–H and O–H groups in total. The Hall–Kier alpha value is -1.92. The SMILES string of the molecule is COC(=O)Cc1ccc(CNc2ccc3ncsc3c2)s1. The number of nitrogens with zero attached hydrogens (tertiary/aromatic N) is 1. The average Bonchev–Trinajstić information content (AvgIpc) is 3.13. The average molecular weight is 318 g/mol. The summed E-state index contributed by atoms with van der Waals surface area (Å²) in [7, 11) is 1.41. The van der Waals surface area contributed by atoms with Crippen molar-refractivity contribution in [1.82, 2.24) is 4.98 Å². The molecule has 0 bridgehead atoms. The standard InChI is InChI=1S/C15H14N2O2S2/c1-19-15(18)7-11-3-4-12(21-11)8-16-10-2-5-13-14(6-10)20-9-17-13/h2-6,9,16H,7-8H2,1H3. The number of fused-ring (bicyclic) bond motifs is 1. The van der Waals surface area contributed by atoms with Crippen molar-refractivity contribution in [2.45, 2.75) is 13.0 Å². The minimum absolute atomic E-state index is 0.202. The summed E-state index contributed by atoms with van der Waals surface area (Å²) in [5.41, 5.74) is 3.96. The van der Waals surface area contributed by atoms with E-state index in [9.17, 15) is 4.79 Å². The molecule has 108 valence electrons. The maximum atomic E-state index is 11.2. The first-order valence-electron chi connectivity index (χ1n) is 6.46. The lowest BCUT2D eigenvalue weighted by Gasteiger charge is -2.04. The Morgan fingerprint density at radius 2 is 2.14 bits per heavy atom. The van der Waals surface area contributed by atoms with Gasteiger partial charge in [0.15, 0.2) is 0 Å². The van der Waals surface area contributed by atoms with Crippen LogP contribution in [0.2, 0.25) is 0 Å². The second-order valence-electron chi connectivity index (χ2n) is 4.51. The Labute approximate surface area is 130 Å². The van der Waals surface area contributed by atoms with Crippen LogP contribution in [-0.4, -0.2) is 18.1 Å². The van der Waals surface area contributed by atoms with Crippen molar-refractivity contribution in [3.8, 4) is 0 Å². The van der Waals surface area contributed by atoms with E-state index in [0.29, 0.717) is 6.42 Å². The topological polar surface area (TPSA) is 51.2 Å². The zero-order valence-electron chi connectivity index (χ0n) is 11.5. The van der Waals surface area contributed by atoms with E-state index < -0.39 is 0 Å². The number of nitrogens with one attached hydrogen (secondary N) is 1. The zero-order chi connectivity index (χ0) is 14.7. The van der Waals surface area contributed by atoms with Crippen molar-refractivity contribution in [3.05, 3.63) is 45.6 Å². The zero-order valence-corrected chi connectivity index (χ0v) is 13.1. The number of esters is 1. The van der Waals surface area contributed by atoms with E-state index in [1.54, 1.807) is 22.7 Å². The lowest BCUT2D eigenvalue weighted by molar-refractivity contribution is -0.139. The highest BCUT2D eigenvalue weighted by Crippen LogP contribution is 2.23. The molecule has 0 amide bonds. The first kappa shape index (κ1) is 14.0. The summed E-state index contributed by atoms with van der Waals surface area (Å²) in [6.07, 6.45) is 0.341. The van der Waals surface area contributed by atoms with Crippen molar-refractivity contribution in [1.29, 1.82) is 0 Å². The summed E-state index contributed by atoms with van der Waals surface area (Å²) in [5.74, 6) is -0.202. The number of thiophene rings is 1. The van der Waals surface area contributed by atoms with Crippen LogP contribution in [0.5, 0.6) is 0 Å². The number of methoxy groups -OCH3 is 1. The summed E-state index contributed by atoms with van der Waals surface area (Å²) < 4.78 is 5.85. The number of thiazole rings is 1. The molecule has 4 nitrogen and oxygen atoms in total. The van der Waals surface area contributed by atoms with Gasteiger partial charge in [-0.3, -0.25) is 4.79 Å². The van der Waals surface area contributed by atoms with E-state index in [-0.39, 0.29) is 5.97 Å². The Morgan fingerprint density at radius 1 is 1.29 bits per heavy atom. The molecule has 0 unspecified atom stereocenters. The van der Waals surface area contributed by atoms with Gasteiger partial charge < -0.3 is 10.1 Å². The number of aromatic nitrogens is 1. The van der Waals surface area contributed by atoms with Crippen LogP contribution in [0.15, 0.2) is 35.8 Å². The van der Waals surface area contributed by atoms with Crippen molar-refractivity contribution < 1.29 is 9.53 Å². The highest BCUT2D eigenvalue weighted by Gasteiger charge is 2.06. The van der Waals surface area contributed by atoms with Crippen molar-refractivity contribution in [3.63, 3.8) is 0 Å². The molecular weight excluding hydrogens is 304 g/mol. The fourth-order valence-electron chi connectivity index (χ4n) is 1.98. The van der Waals surface area contributed by atoms with E-state index in [0.717, 1.165) is 22.6 Å². The van der Waals surface area contributed by atoms with Crippen LogP contribution in [-0.2, 0) is 22.5 Å². The van der Waals surface area contributed by atoms with Gasteiger partial charge in [0.2, 0.25) is 0 Å². The van der Waals surface area contributed by atoms with Crippen LogP contribution in [0.25, 0.3) is 10.2 Å². The van der Waals surface area contributed by atoms with E-state index in [1.165, 1.54) is 16.7 Å². The number of anilines is 1. The monoisotopic (exact) mass is 318 g/mol. The second kappa shape index (κ2) is 6.24. The molecule has 0 aliphatic heterocycles. The fraction of sp³-hybridized carbons (Fsp3) is 0.200. The summed E-state index contributed by atoms with van der Waals surface area (Å²) >= 11 is 3.26. The van der Waals surface area contributed by atoms with Gasteiger partial charge in [0.1, 0.15) is 0 Å². The largest absolute Gasteiger partial charge is 0.469 e. The summed E-state index contributed by atoms with van der Waals surface area (Å²) in [5, 5.41) is 3.40. The first-order valence-corrected chi connectivity index (χ1v) is 8.16. The van der Waals surface area contributed by atoms with Crippen LogP contribution < -0.4 is 5.32 Å². The minimum Gasteiger partial charge on any atom is -0.469 e. The Morgan fingerprint density at radius 3 is 3.00 bits per heavy atom. The third-order valence-electron chi connectivity index (χ3n) is 3.06. The normalized spacial score (nSPS) is 10.7. The predicted molar refractivity (Wildman–Crippen MR) is 87.0 cm³/mol. The molecule has 0 fully saturated rings. The number of hydrogen-bond acceptors (Lipinski definition) is 6. The van der Waals surface area contributed by atoms with Crippen LogP contribution >= 0.6 is 22.7 Å². The molecule has 3 rings (SSSR count). The van der Waals surface area contributed by atoms with Gasteiger partial charge in [-0.1, -0.05) is 0 Å². The lowest BCUT2D eigenvalue weighted by Crippen LogP contribution is -2.02. The number of hydrogen-bond donors (Lipinski definition) is 1. The third kappa shape index (κ3) is 3.40. The molecule has 21 heavy (non-hydrogen) atoms. The minimum atomic E-state index is -0.202. The smallest absolute Gasteiger partial charge is 0.310 e. The fourth-order valence-corrected chi connectivity index (χ4v) is 3.64. The third-order valence-corrected chi connectivity index (χ3v) is 4.94. The van der Waals surface area contributed by atoms with Gasteiger partial charge in [-0.2, -0.15) is 0 Å². The van der Waals surface area contributed by atoms with Crippen LogP contribution in [0.3, 0.4) is 0 Å². The second-order valence-corrected chi connectivity index (χ2v) is 6.65. The molecule has 2 heterocycles. The number of ether oxygens (including phenoxy) is 1. The maximum Gasteiger partial charge on any atom is 0.310 e. The molecule has 2 aromatic heterocycles. The Bertz CT molecular complexity index is 764. The molecule has 0 radical (unpaired) electrons. The lowest BCUT2D eigenvalue weighted by atomic mass is 10.3. The molecule has 0 spiro atoms. The predicted octanol–water partition coefficient (Wildman–Crippen LogP) is 3.69. The molecule has 0 aliphatic rings. The molecular formula is C15H14N2O2S2. The van der Waals surface area contributed by atoms with Crippen molar-refractivity contribution >= 4 is 44.5 Å². The molecule has 0 saturated heterocycles. The Balaban J connectivity index is 1.63. The van der Waals surface area contributed by atoms with Crippen LogP contribution in [0, 0.1) is 0 Å². The first-order chi connectivity index (χ1) is 10.2. The quantitative estimate of drug-likeness (QED) is 0.729. The summed E-state index contributed by atoms with van der Waals surface area (Å²) in [4.78, 5) is 17.7. The van der Waals surface area contributed by atoms with Gasteiger partial charge in [-0.25, -0.2) is 4.98 Å². The van der Waals surface area contributed by atoms with Crippen molar-refractivity contribution in [2.75, 3.05) is 12.4 Å². The van der Waals surface area contributed by atoms with Gasteiger partial charge in [-0.05, 0) is 30.3 Å². The highest BCUT2D eigenvalue weighted by molar-refractivity contribution is 7.16. The summed E-state index contributed by atoms with van der Waals surface area (Å²) in [6.45, 7) is 0.746. The van der Waals surface area contributed by atoms with Crippen LogP contribution in [0.1, 0.15) is 9.75 Å². The molecule has 0 atom stereocenters. The van der Waals surface area contributed by atoms with E-state index in [4.69, 9.17) is 0 Å². The number of benzene rings is 1. The molecule has 0 aliphatic carbocycles. The molecule has 1 aromatic carbocycles. The molecule has 6 heteroatoms. The summed E-state index contributed by atoms with van der Waals surface area (Å²) in [6, 6.07) is 10.2. The van der Waals surface area contributed by atoms with Gasteiger partial charge in [0.05, 0.1) is 29.3 Å². The molecule has 3 aromatic rings. The van der Waals surface area contributed by atoms with Gasteiger partial charge in [0, 0.05) is 22.0 Å². The Kier molecular flexibility index (Phi) is 4.17. The van der Waals surface area contributed by atoms with Crippen LogP contribution in [0.4, 0.5) is 5.69 Å². The number of carbonyl (C=O) groups excluding carboxylic acids is 1. The number of rotatable bonds is 5.